The Balaban J connectivity index is 1.47. The van der Waals surface area contributed by atoms with Gasteiger partial charge in [-0.15, -0.1) is 0 Å². The SMILES string of the molecule is CN1C(=O)COc2ccc(NC(=O)N3C[C@H]4CCC[C@H]4C3)cc21. The minimum Gasteiger partial charge on any atom is -0.482 e. The van der Waals surface area contributed by atoms with Crippen molar-refractivity contribution < 1.29 is 14.3 Å². The molecule has 122 valence electrons. The second-order valence-corrected chi connectivity index (χ2v) is 6.71. The molecular weight excluding hydrogens is 294 g/mol. The summed E-state index contributed by atoms with van der Waals surface area (Å²) < 4.78 is 5.40. The van der Waals surface area contributed by atoms with Crippen LogP contribution < -0.4 is 15.0 Å². The summed E-state index contributed by atoms with van der Waals surface area (Å²) in [6, 6.07) is 5.36. The number of fused-ring (bicyclic) bond motifs is 2. The van der Waals surface area contributed by atoms with E-state index in [-0.39, 0.29) is 18.5 Å². The standard InChI is InChI=1S/C17H21N3O3/c1-19-14-7-13(5-6-15(14)23-10-16(19)21)18-17(22)20-8-11-3-2-4-12(11)9-20/h5-7,11-12H,2-4,8-10H2,1H3,(H,18,22)/t11-,12+. The van der Waals surface area contributed by atoms with Crippen LogP contribution in [0.3, 0.4) is 0 Å². The van der Waals surface area contributed by atoms with Crippen molar-refractivity contribution in [3.8, 4) is 5.75 Å². The number of hydrogen-bond acceptors (Lipinski definition) is 3. The molecule has 2 fully saturated rings. The van der Waals surface area contributed by atoms with Gasteiger partial charge in [0.05, 0.1) is 5.69 Å². The minimum absolute atomic E-state index is 0.0509. The molecule has 0 radical (unpaired) electrons. The molecular formula is C17H21N3O3. The lowest BCUT2D eigenvalue weighted by Gasteiger charge is -2.26. The van der Waals surface area contributed by atoms with Crippen molar-refractivity contribution in [2.24, 2.45) is 11.8 Å². The highest BCUT2D eigenvalue weighted by atomic mass is 16.5. The van der Waals surface area contributed by atoms with Gasteiger partial charge in [-0.05, 0) is 42.9 Å². The fourth-order valence-corrected chi connectivity index (χ4v) is 3.95. The van der Waals surface area contributed by atoms with Crippen molar-refractivity contribution in [1.29, 1.82) is 0 Å². The first-order valence-corrected chi connectivity index (χ1v) is 8.21. The van der Waals surface area contributed by atoms with Gasteiger partial charge in [-0.25, -0.2) is 4.79 Å². The zero-order valence-corrected chi connectivity index (χ0v) is 13.2. The Labute approximate surface area is 135 Å². The maximum Gasteiger partial charge on any atom is 0.321 e. The van der Waals surface area contributed by atoms with Crippen molar-refractivity contribution in [3.05, 3.63) is 18.2 Å². The predicted molar refractivity (Wildman–Crippen MR) is 86.8 cm³/mol. The Hall–Kier alpha value is -2.24. The van der Waals surface area contributed by atoms with Crippen LogP contribution in [0, 0.1) is 11.8 Å². The molecule has 0 unspecified atom stereocenters. The molecule has 2 aliphatic heterocycles. The Kier molecular flexibility index (Phi) is 3.39. The molecule has 4 rings (SSSR count). The maximum atomic E-state index is 12.5. The van der Waals surface area contributed by atoms with E-state index in [0.717, 1.165) is 13.1 Å². The van der Waals surface area contributed by atoms with E-state index < -0.39 is 0 Å². The van der Waals surface area contributed by atoms with E-state index in [2.05, 4.69) is 5.32 Å². The quantitative estimate of drug-likeness (QED) is 0.865. The number of benzene rings is 1. The molecule has 1 N–H and O–H groups in total. The Morgan fingerprint density at radius 1 is 1.26 bits per heavy atom. The molecule has 23 heavy (non-hydrogen) atoms. The van der Waals surface area contributed by atoms with Gasteiger partial charge in [0.15, 0.2) is 6.61 Å². The first-order chi connectivity index (χ1) is 11.1. The summed E-state index contributed by atoms with van der Waals surface area (Å²) in [6.45, 7) is 1.79. The smallest absolute Gasteiger partial charge is 0.321 e. The third-order valence-electron chi connectivity index (χ3n) is 5.31. The van der Waals surface area contributed by atoms with Crippen molar-refractivity contribution in [2.75, 3.05) is 37.0 Å². The van der Waals surface area contributed by atoms with Gasteiger partial charge < -0.3 is 19.9 Å². The van der Waals surface area contributed by atoms with Gasteiger partial charge in [-0.3, -0.25) is 4.79 Å². The van der Waals surface area contributed by atoms with Crippen LogP contribution in [0.5, 0.6) is 5.75 Å². The summed E-state index contributed by atoms with van der Waals surface area (Å²) in [5.41, 5.74) is 1.38. The number of carbonyl (C=O) groups is 2. The summed E-state index contributed by atoms with van der Waals surface area (Å²) in [5.74, 6) is 1.94. The number of ether oxygens (including phenoxy) is 1. The lowest BCUT2D eigenvalue weighted by molar-refractivity contribution is -0.120. The van der Waals surface area contributed by atoms with Crippen LogP contribution in [0.2, 0.25) is 0 Å². The molecule has 6 heteroatoms. The van der Waals surface area contributed by atoms with Gasteiger partial charge in [-0.1, -0.05) is 6.42 Å². The third kappa shape index (κ3) is 2.52. The van der Waals surface area contributed by atoms with Crippen LogP contribution in [0.1, 0.15) is 19.3 Å². The molecule has 1 saturated heterocycles. The van der Waals surface area contributed by atoms with E-state index in [1.807, 2.05) is 11.0 Å². The van der Waals surface area contributed by atoms with Crippen LogP contribution in [0.4, 0.5) is 16.2 Å². The number of amides is 3. The van der Waals surface area contributed by atoms with Gasteiger partial charge in [0.25, 0.3) is 5.91 Å². The average molecular weight is 315 g/mol. The van der Waals surface area contributed by atoms with E-state index in [4.69, 9.17) is 4.74 Å². The number of nitrogens with one attached hydrogen (secondary N) is 1. The van der Waals surface area contributed by atoms with Crippen LogP contribution >= 0.6 is 0 Å². The van der Waals surface area contributed by atoms with E-state index in [9.17, 15) is 9.59 Å². The van der Waals surface area contributed by atoms with Crippen molar-refractivity contribution in [3.63, 3.8) is 0 Å². The molecule has 1 saturated carbocycles. The lowest BCUT2D eigenvalue weighted by atomic mass is 10.0. The summed E-state index contributed by atoms with van der Waals surface area (Å²) in [4.78, 5) is 27.7. The molecule has 2 heterocycles. The zero-order valence-electron chi connectivity index (χ0n) is 13.2. The normalized spacial score (nSPS) is 25.9. The summed E-state index contributed by atoms with van der Waals surface area (Å²) in [5, 5.41) is 2.95. The minimum atomic E-state index is -0.0895. The number of likely N-dealkylation sites (N-methyl/N-ethyl adjacent to an activating group) is 1. The fourth-order valence-electron chi connectivity index (χ4n) is 3.95. The number of urea groups is 1. The third-order valence-corrected chi connectivity index (χ3v) is 5.31. The number of carbonyl (C=O) groups excluding carboxylic acids is 2. The molecule has 3 amide bonds. The second-order valence-electron chi connectivity index (χ2n) is 6.71. The van der Waals surface area contributed by atoms with E-state index >= 15 is 0 Å². The molecule has 6 nitrogen and oxygen atoms in total. The van der Waals surface area contributed by atoms with Gasteiger partial charge in [-0.2, -0.15) is 0 Å². The molecule has 0 bridgehead atoms. The van der Waals surface area contributed by atoms with Gasteiger partial charge in [0, 0.05) is 25.8 Å². The van der Waals surface area contributed by atoms with Gasteiger partial charge >= 0.3 is 6.03 Å². The van der Waals surface area contributed by atoms with Crippen molar-refractivity contribution in [1.82, 2.24) is 4.90 Å². The number of likely N-dealkylation sites (tertiary alicyclic amines) is 1. The van der Waals surface area contributed by atoms with Crippen molar-refractivity contribution >= 4 is 23.3 Å². The van der Waals surface area contributed by atoms with Crippen LogP contribution in [0.25, 0.3) is 0 Å². The lowest BCUT2D eigenvalue weighted by Crippen LogP contribution is -2.36. The number of hydrogen-bond donors (Lipinski definition) is 1. The molecule has 1 aliphatic carbocycles. The molecule has 1 aromatic carbocycles. The van der Waals surface area contributed by atoms with Crippen LogP contribution in [-0.4, -0.2) is 43.6 Å². The zero-order chi connectivity index (χ0) is 16.0. The number of nitrogens with zero attached hydrogens (tertiary/aromatic N) is 2. The predicted octanol–water partition coefficient (Wildman–Crippen LogP) is 2.31. The highest BCUT2D eigenvalue weighted by Crippen LogP contribution is 2.38. The van der Waals surface area contributed by atoms with Gasteiger partial charge in [0.1, 0.15) is 5.75 Å². The number of anilines is 2. The molecule has 3 aliphatic rings. The highest BCUT2D eigenvalue weighted by Gasteiger charge is 2.38. The largest absolute Gasteiger partial charge is 0.482 e. The molecule has 2 atom stereocenters. The second kappa shape index (κ2) is 5.44. The van der Waals surface area contributed by atoms with E-state index in [1.165, 1.54) is 19.3 Å². The van der Waals surface area contributed by atoms with Crippen LogP contribution in [-0.2, 0) is 4.79 Å². The monoisotopic (exact) mass is 315 g/mol. The van der Waals surface area contributed by atoms with E-state index in [1.54, 1.807) is 24.1 Å². The maximum absolute atomic E-state index is 12.5. The van der Waals surface area contributed by atoms with Crippen molar-refractivity contribution in [2.45, 2.75) is 19.3 Å². The number of rotatable bonds is 1. The molecule has 0 aromatic heterocycles. The summed E-state index contributed by atoms with van der Waals surface area (Å²) >= 11 is 0. The highest BCUT2D eigenvalue weighted by molar-refractivity contribution is 5.99. The Bertz CT molecular complexity index is 648. The van der Waals surface area contributed by atoms with Gasteiger partial charge in [0.2, 0.25) is 0 Å². The van der Waals surface area contributed by atoms with E-state index in [0.29, 0.717) is 29.0 Å². The Morgan fingerprint density at radius 2 is 2.00 bits per heavy atom. The average Bonchev–Trinajstić information content (AvgIpc) is 3.13. The molecule has 1 aromatic rings. The topological polar surface area (TPSA) is 61.9 Å². The molecule has 0 spiro atoms. The fraction of sp³-hybridized carbons (Fsp3) is 0.529. The van der Waals surface area contributed by atoms with Crippen LogP contribution in [0.15, 0.2) is 18.2 Å². The summed E-state index contributed by atoms with van der Waals surface area (Å²) in [6.07, 6.45) is 3.80. The Morgan fingerprint density at radius 3 is 2.74 bits per heavy atom. The summed E-state index contributed by atoms with van der Waals surface area (Å²) in [7, 11) is 1.72. The first kappa shape index (κ1) is 14.4. The first-order valence-electron chi connectivity index (χ1n) is 8.21.